The normalized spacial score (nSPS) is 12.8. The smallest absolute Gasteiger partial charge is 0.276 e. The summed E-state index contributed by atoms with van der Waals surface area (Å²) in [5.41, 5.74) is 6.49. The van der Waals surface area contributed by atoms with Crippen molar-refractivity contribution < 1.29 is 19.1 Å². The van der Waals surface area contributed by atoms with Gasteiger partial charge in [0.1, 0.15) is 5.75 Å². The van der Waals surface area contributed by atoms with Crippen LogP contribution in [0.15, 0.2) is 45.3 Å². The Bertz CT molecular complexity index is 920. The van der Waals surface area contributed by atoms with E-state index in [1.807, 2.05) is 19.1 Å². The molecule has 0 aliphatic heterocycles. The van der Waals surface area contributed by atoms with E-state index in [9.17, 15) is 14.4 Å². The second-order valence-electron chi connectivity index (χ2n) is 6.67. The summed E-state index contributed by atoms with van der Waals surface area (Å²) in [5, 5.41) is 2.80. The van der Waals surface area contributed by atoms with Crippen LogP contribution in [0.2, 0.25) is 0 Å². The summed E-state index contributed by atoms with van der Waals surface area (Å²) in [6.45, 7) is 1.61. The number of nitrogens with one attached hydrogen (secondary N) is 3. The van der Waals surface area contributed by atoms with Gasteiger partial charge >= 0.3 is 0 Å². The molecule has 7 nitrogen and oxygen atoms in total. The molecule has 152 valence electrons. The first-order valence-corrected chi connectivity index (χ1v) is 10.5. The molecule has 2 aromatic carbocycles. The molecule has 0 spiro atoms. The van der Waals surface area contributed by atoms with Crippen LogP contribution in [0.3, 0.4) is 0 Å². The summed E-state index contributed by atoms with van der Waals surface area (Å²) >= 11 is 6.77. The minimum Gasteiger partial charge on any atom is -0.482 e. The molecule has 3 amide bonds. The first-order valence-electron chi connectivity index (χ1n) is 8.92. The lowest BCUT2D eigenvalue weighted by molar-refractivity contribution is -0.123. The molecule has 0 radical (unpaired) electrons. The van der Waals surface area contributed by atoms with E-state index >= 15 is 0 Å². The predicted molar refractivity (Wildman–Crippen MR) is 115 cm³/mol. The van der Waals surface area contributed by atoms with Crippen molar-refractivity contribution in [2.75, 3.05) is 11.9 Å². The predicted octanol–water partition coefficient (Wildman–Crippen LogP) is 3.71. The van der Waals surface area contributed by atoms with Crippen molar-refractivity contribution in [3.63, 3.8) is 0 Å². The monoisotopic (exact) mass is 523 g/mol. The minimum absolute atomic E-state index is 0.00196. The fraction of sp³-hybridized carbons (Fsp3) is 0.250. The van der Waals surface area contributed by atoms with Crippen LogP contribution < -0.4 is 20.9 Å². The van der Waals surface area contributed by atoms with Crippen molar-refractivity contribution in [3.05, 3.63) is 56.5 Å². The van der Waals surface area contributed by atoms with Gasteiger partial charge in [0.2, 0.25) is 5.91 Å². The van der Waals surface area contributed by atoms with Gasteiger partial charge in [-0.2, -0.15) is 0 Å². The number of anilines is 1. The molecule has 0 atom stereocenters. The largest absolute Gasteiger partial charge is 0.482 e. The van der Waals surface area contributed by atoms with Crippen LogP contribution in [0.5, 0.6) is 5.75 Å². The first kappa shape index (κ1) is 21.3. The lowest BCUT2D eigenvalue weighted by Gasteiger charge is -2.12. The number of aryl methyl sites for hydroxylation is 1. The SMILES string of the molecule is Cc1cc(Br)cc(Br)c1OCC(=O)NNC(=O)c1ccc(NC(=O)C2CC2)cc1. The van der Waals surface area contributed by atoms with Crippen LogP contribution in [0.4, 0.5) is 5.69 Å². The van der Waals surface area contributed by atoms with E-state index in [1.54, 1.807) is 24.3 Å². The Morgan fingerprint density at radius 2 is 1.76 bits per heavy atom. The summed E-state index contributed by atoms with van der Waals surface area (Å²) in [5.74, 6) is -0.307. The number of carbonyl (C=O) groups is 3. The van der Waals surface area contributed by atoms with Gasteiger partial charge in [0.15, 0.2) is 6.61 Å². The fourth-order valence-corrected chi connectivity index (χ4v) is 4.09. The molecular formula is C20H19Br2N3O4. The summed E-state index contributed by atoms with van der Waals surface area (Å²) in [6.07, 6.45) is 1.85. The quantitative estimate of drug-likeness (QED) is 0.502. The average molecular weight is 525 g/mol. The highest BCUT2D eigenvalue weighted by atomic mass is 79.9. The maximum Gasteiger partial charge on any atom is 0.276 e. The minimum atomic E-state index is -0.499. The van der Waals surface area contributed by atoms with Crippen molar-refractivity contribution in [2.24, 2.45) is 5.92 Å². The summed E-state index contributed by atoms with van der Waals surface area (Å²) < 4.78 is 7.14. The van der Waals surface area contributed by atoms with Crippen LogP contribution >= 0.6 is 31.9 Å². The number of halogens is 2. The topological polar surface area (TPSA) is 96.5 Å². The number of rotatable bonds is 6. The van der Waals surface area contributed by atoms with Crippen molar-refractivity contribution in [1.29, 1.82) is 0 Å². The number of hydrogen-bond acceptors (Lipinski definition) is 4. The van der Waals surface area contributed by atoms with Gasteiger partial charge in [-0.1, -0.05) is 15.9 Å². The molecule has 1 saturated carbocycles. The van der Waals surface area contributed by atoms with Crippen molar-refractivity contribution in [1.82, 2.24) is 10.9 Å². The molecular weight excluding hydrogens is 506 g/mol. The van der Waals surface area contributed by atoms with E-state index < -0.39 is 11.8 Å². The number of benzene rings is 2. The highest BCUT2D eigenvalue weighted by molar-refractivity contribution is 9.11. The van der Waals surface area contributed by atoms with E-state index in [4.69, 9.17) is 4.74 Å². The van der Waals surface area contributed by atoms with E-state index in [0.717, 1.165) is 27.4 Å². The Morgan fingerprint density at radius 3 is 2.38 bits per heavy atom. The molecule has 2 aromatic rings. The number of carbonyl (C=O) groups excluding carboxylic acids is 3. The van der Waals surface area contributed by atoms with E-state index in [-0.39, 0.29) is 18.4 Å². The van der Waals surface area contributed by atoms with Crippen LogP contribution in [0, 0.1) is 12.8 Å². The van der Waals surface area contributed by atoms with Gasteiger partial charge < -0.3 is 10.1 Å². The maximum absolute atomic E-state index is 12.2. The zero-order valence-corrected chi connectivity index (χ0v) is 18.7. The Balaban J connectivity index is 1.46. The Morgan fingerprint density at radius 1 is 1.07 bits per heavy atom. The average Bonchev–Trinajstić information content (AvgIpc) is 3.51. The van der Waals surface area contributed by atoms with Gasteiger partial charge in [-0.25, -0.2) is 0 Å². The van der Waals surface area contributed by atoms with Crippen molar-refractivity contribution in [2.45, 2.75) is 19.8 Å². The standard InChI is InChI=1S/C20H19Br2N3O4/c1-11-8-14(21)9-16(22)18(11)29-10-17(26)24-25-20(28)13-4-6-15(7-5-13)23-19(27)12-2-3-12/h4-9,12H,2-3,10H2,1H3,(H,23,27)(H,24,26)(H,25,28). The van der Waals surface area contributed by atoms with Crippen LogP contribution in [-0.4, -0.2) is 24.3 Å². The summed E-state index contributed by atoms with van der Waals surface area (Å²) in [7, 11) is 0. The number of hydrazine groups is 1. The van der Waals surface area contributed by atoms with E-state index in [0.29, 0.717) is 17.0 Å². The van der Waals surface area contributed by atoms with Gasteiger partial charge in [-0.05, 0) is 77.7 Å². The molecule has 0 aromatic heterocycles. The van der Waals surface area contributed by atoms with Gasteiger partial charge in [0.05, 0.1) is 4.47 Å². The molecule has 9 heteroatoms. The van der Waals surface area contributed by atoms with Crippen molar-refractivity contribution >= 4 is 55.3 Å². The van der Waals surface area contributed by atoms with E-state index in [2.05, 4.69) is 48.0 Å². The Labute approximate surface area is 184 Å². The Hall–Kier alpha value is -2.39. The maximum atomic E-state index is 12.2. The summed E-state index contributed by atoms with van der Waals surface area (Å²) in [6, 6.07) is 10.1. The van der Waals surface area contributed by atoms with Crippen LogP contribution in [0.25, 0.3) is 0 Å². The number of hydrogen-bond donors (Lipinski definition) is 3. The van der Waals surface area contributed by atoms with Gasteiger partial charge in [0.25, 0.3) is 11.8 Å². The molecule has 1 fully saturated rings. The number of ether oxygens (including phenoxy) is 1. The second-order valence-corrected chi connectivity index (χ2v) is 8.44. The third kappa shape index (κ3) is 6.04. The molecule has 1 aliphatic carbocycles. The molecule has 1 aliphatic rings. The van der Waals surface area contributed by atoms with Crippen LogP contribution in [0.1, 0.15) is 28.8 Å². The van der Waals surface area contributed by atoms with Gasteiger partial charge in [-0.15, -0.1) is 0 Å². The molecule has 0 unspecified atom stereocenters. The molecule has 0 heterocycles. The third-order valence-electron chi connectivity index (χ3n) is 4.22. The van der Waals surface area contributed by atoms with Gasteiger partial charge in [-0.3, -0.25) is 25.2 Å². The second kappa shape index (κ2) is 9.41. The molecule has 29 heavy (non-hydrogen) atoms. The fourth-order valence-electron chi connectivity index (χ4n) is 2.54. The lowest BCUT2D eigenvalue weighted by atomic mass is 10.2. The number of amides is 3. The molecule has 0 bridgehead atoms. The summed E-state index contributed by atoms with van der Waals surface area (Å²) in [4.78, 5) is 35.9. The molecule has 3 N–H and O–H groups in total. The highest BCUT2D eigenvalue weighted by Gasteiger charge is 2.29. The molecule has 0 saturated heterocycles. The van der Waals surface area contributed by atoms with Crippen LogP contribution in [-0.2, 0) is 9.59 Å². The lowest BCUT2D eigenvalue weighted by Crippen LogP contribution is -2.43. The third-order valence-corrected chi connectivity index (χ3v) is 5.27. The molecule has 3 rings (SSSR count). The van der Waals surface area contributed by atoms with E-state index in [1.165, 1.54) is 0 Å². The zero-order valence-electron chi connectivity index (χ0n) is 15.6. The zero-order chi connectivity index (χ0) is 21.0. The Kier molecular flexibility index (Phi) is 6.92. The van der Waals surface area contributed by atoms with Crippen molar-refractivity contribution in [3.8, 4) is 5.75 Å². The van der Waals surface area contributed by atoms with Gasteiger partial charge in [0, 0.05) is 21.6 Å². The highest BCUT2D eigenvalue weighted by Crippen LogP contribution is 2.32. The first-order chi connectivity index (χ1) is 13.8.